The maximum Gasteiger partial charge on any atom is 0.280 e. The van der Waals surface area contributed by atoms with Crippen molar-refractivity contribution in [3.05, 3.63) is 87.6 Å². The van der Waals surface area contributed by atoms with Crippen LogP contribution in [0.1, 0.15) is 21.5 Å². The molecule has 8 N–H and O–H groups in total. The number of hydrogen-bond donors (Lipinski definition) is 8. The summed E-state index contributed by atoms with van der Waals surface area (Å²) < 4.78 is 17.6. The van der Waals surface area contributed by atoms with Gasteiger partial charge in [-0.2, -0.15) is 0 Å². The highest BCUT2D eigenvalue weighted by atomic mass is 16.8. The third-order valence-corrected chi connectivity index (χ3v) is 7.52. The minimum atomic E-state index is -2.16. The Balaban J connectivity index is 1.42. The number of rotatable bonds is 3. The van der Waals surface area contributed by atoms with Gasteiger partial charge in [0.15, 0.2) is 17.3 Å². The first-order valence-corrected chi connectivity index (χ1v) is 12.5. The monoisotopic (exact) mass is 586 g/mol. The van der Waals surface area contributed by atoms with Crippen LogP contribution in [-0.4, -0.2) is 46.6 Å². The molecule has 0 bridgehead atoms. The van der Waals surface area contributed by atoms with E-state index in [2.05, 4.69) is 0 Å². The molecule has 7 rings (SSSR count). The van der Waals surface area contributed by atoms with Crippen LogP contribution in [0.5, 0.6) is 51.7 Å². The van der Waals surface area contributed by atoms with Gasteiger partial charge >= 0.3 is 0 Å². The second-order valence-corrected chi connectivity index (χ2v) is 10.1. The molecule has 2 atom stereocenters. The van der Waals surface area contributed by atoms with Crippen molar-refractivity contribution in [2.75, 3.05) is 0 Å². The van der Waals surface area contributed by atoms with E-state index < -0.39 is 74.4 Å². The lowest BCUT2D eigenvalue weighted by Gasteiger charge is -2.28. The molecule has 0 saturated carbocycles. The van der Waals surface area contributed by atoms with E-state index in [0.717, 1.165) is 42.5 Å². The first-order valence-electron chi connectivity index (χ1n) is 12.5. The predicted molar refractivity (Wildman–Crippen MR) is 144 cm³/mol. The molecule has 0 radical (unpaired) electrons. The summed E-state index contributed by atoms with van der Waals surface area (Å²) in [5, 5.41) is 81.9. The highest BCUT2D eigenvalue weighted by Crippen LogP contribution is 2.69. The molecule has 2 aliphatic heterocycles. The third-order valence-electron chi connectivity index (χ3n) is 7.52. The summed E-state index contributed by atoms with van der Waals surface area (Å²) in [6.07, 6.45) is 0. The number of carbonyl (C=O) groups is 1. The Labute approximate surface area is 238 Å². The van der Waals surface area contributed by atoms with Crippen LogP contribution < -0.4 is 10.2 Å². The van der Waals surface area contributed by atoms with Gasteiger partial charge in [-0.05, 0) is 24.3 Å². The average Bonchev–Trinajstić information content (AvgIpc) is 3.62. The van der Waals surface area contributed by atoms with Gasteiger partial charge in [0.2, 0.25) is 22.6 Å². The molecule has 1 aromatic heterocycles. The molecular formula is C30H18O13. The summed E-state index contributed by atoms with van der Waals surface area (Å²) in [4.78, 5) is 26.8. The van der Waals surface area contributed by atoms with Crippen LogP contribution in [0.4, 0.5) is 0 Å². The van der Waals surface area contributed by atoms with Crippen LogP contribution in [-0.2, 0) is 16.1 Å². The number of fused-ring (bicyclic) bond motifs is 3. The van der Waals surface area contributed by atoms with E-state index in [1.54, 1.807) is 0 Å². The Morgan fingerprint density at radius 2 is 1.37 bits per heavy atom. The molecule has 1 saturated heterocycles. The van der Waals surface area contributed by atoms with E-state index in [-0.39, 0.29) is 39.0 Å². The van der Waals surface area contributed by atoms with E-state index in [0.29, 0.717) is 0 Å². The molecule has 0 spiro atoms. The standard InChI is InChI=1S/C30H18O13/c31-13-7-19(36)23-21(9-13)41-27(26(39)25(23)38)11-1-3-15(17(34)5-11)29-28(40)24-20(37)8-14(32)10-22(24)42-30(29,43-29)12-2-4-16(33)18(35)6-12/h1-10,31-37,39H. The molecule has 0 amide bonds. The average molecular weight is 586 g/mol. The highest BCUT2D eigenvalue weighted by Gasteiger charge is 2.82. The first kappa shape index (κ1) is 25.9. The molecule has 3 heterocycles. The zero-order valence-corrected chi connectivity index (χ0v) is 21.4. The Morgan fingerprint density at radius 3 is 2.09 bits per heavy atom. The minimum Gasteiger partial charge on any atom is -0.508 e. The smallest absolute Gasteiger partial charge is 0.280 e. The zero-order chi connectivity index (χ0) is 30.6. The molecule has 4 aromatic carbocycles. The van der Waals surface area contributed by atoms with Crippen molar-refractivity contribution in [1.82, 2.24) is 0 Å². The highest BCUT2D eigenvalue weighted by molar-refractivity contribution is 6.11. The van der Waals surface area contributed by atoms with Crippen LogP contribution >= 0.6 is 0 Å². The molecule has 5 aromatic rings. The number of phenolic OH excluding ortho intramolecular Hbond substituents is 7. The Morgan fingerprint density at radius 1 is 0.651 bits per heavy atom. The van der Waals surface area contributed by atoms with E-state index in [4.69, 9.17) is 13.9 Å². The van der Waals surface area contributed by atoms with Crippen molar-refractivity contribution >= 4 is 16.8 Å². The second kappa shape index (κ2) is 8.24. The largest absolute Gasteiger partial charge is 0.508 e. The SMILES string of the molecule is O=C1c2c(O)cc(O)cc2OC2(c3ccc(O)c(O)c3)OC12c1ccc(-c2oc3cc(O)cc(O)c3c(=O)c2O)cc1O. The number of Topliss-reactive ketones (excluding diaryl/α,β-unsaturated/α-hetero) is 1. The number of benzene rings is 4. The lowest BCUT2D eigenvalue weighted by Crippen LogP contribution is -2.39. The number of carbonyl (C=O) groups excluding carboxylic acids is 1. The summed E-state index contributed by atoms with van der Waals surface area (Å²) in [7, 11) is 0. The normalized spacial score (nSPS) is 20.3. The molecule has 1 fully saturated rings. The lowest BCUT2D eigenvalue weighted by molar-refractivity contribution is 0.0548. The number of ketones is 1. The van der Waals surface area contributed by atoms with Crippen LogP contribution in [0.3, 0.4) is 0 Å². The molecule has 2 unspecified atom stereocenters. The van der Waals surface area contributed by atoms with Crippen LogP contribution in [0.2, 0.25) is 0 Å². The van der Waals surface area contributed by atoms with E-state index in [9.17, 15) is 50.4 Å². The number of hydrogen-bond acceptors (Lipinski definition) is 13. The van der Waals surface area contributed by atoms with Gasteiger partial charge in [0.1, 0.15) is 51.0 Å². The summed E-state index contributed by atoms with van der Waals surface area (Å²) >= 11 is 0. The molecule has 0 aliphatic carbocycles. The topological polar surface area (TPSA) is 231 Å². The van der Waals surface area contributed by atoms with Gasteiger partial charge in [-0.25, -0.2) is 0 Å². The number of phenols is 7. The molecular weight excluding hydrogens is 568 g/mol. The van der Waals surface area contributed by atoms with Crippen molar-refractivity contribution in [1.29, 1.82) is 0 Å². The number of epoxide rings is 1. The van der Waals surface area contributed by atoms with Crippen LogP contribution in [0, 0.1) is 0 Å². The molecule has 13 heteroatoms. The van der Waals surface area contributed by atoms with Crippen molar-refractivity contribution in [2.24, 2.45) is 0 Å². The van der Waals surface area contributed by atoms with Crippen LogP contribution in [0.15, 0.2) is 69.9 Å². The summed E-state index contributed by atoms with van der Waals surface area (Å²) in [5.74, 6) is -8.30. The maximum absolute atomic E-state index is 14.0. The van der Waals surface area contributed by atoms with E-state index >= 15 is 0 Å². The van der Waals surface area contributed by atoms with Crippen LogP contribution in [0.25, 0.3) is 22.3 Å². The Kier molecular flexibility index (Phi) is 4.95. The fourth-order valence-electron chi connectivity index (χ4n) is 5.55. The fourth-order valence-corrected chi connectivity index (χ4v) is 5.55. The Hall–Kier alpha value is -6.08. The van der Waals surface area contributed by atoms with Gasteiger partial charge in [-0.15, -0.1) is 0 Å². The Bertz CT molecular complexity index is 2130. The fraction of sp³-hybridized carbons (Fsp3) is 0.0667. The van der Waals surface area contributed by atoms with Crippen molar-refractivity contribution in [3.8, 4) is 63.1 Å². The second-order valence-electron chi connectivity index (χ2n) is 10.1. The summed E-state index contributed by atoms with van der Waals surface area (Å²) in [6, 6.07) is 11.0. The van der Waals surface area contributed by atoms with Gasteiger partial charge in [-0.1, -0.05) is 12.1 Å². The summed E-state index contributed by atoms with van der Waals surface area (Å²) in [6.45, 7) is 0. The minimum absolute atomic E-state index is 0.0332. The zero-order valence-electron chi connectivity index (χ0n) is 21.4. The molecule has 13 nitrogen and oxygen atoms in total. The van der Waals surface area contributed by atoms with Crippen molar-refractivity contribution in [2.45, 2.75) is 11.4 Å². The van der Waals surface area contributed by atoms with E-state index in [1.807, 2.05) is 0 Å². The van der Waals surface area contributed by atoms with Crippen molar-refractivity contribution in [3.63, 3.8) is 0 Å². The predicted octanol–water partition coefficient (Wildman–Crippen LogP) is 3.46. The van der Waals surface area contributed by atoms with Gasteiger partial charge in [0.25, 0.3) is 5.79 Å². The van der Waals surface area contributed by atoms with E-state index in [1.165, 1.54) is 18.2 Å². The quantitative estimate of drug-likeness (QED) is 0.112. The first-order chi connectivity index (χ1) is 20.4. The maximum atomic E-state index is 14.0. The third kappa shape index (κ3) is 3.30. The van der Waals surface area contributed by atoms with Gasteiger partial charge < -0.3 is 54.7 Å². The number of ether oxygens (including phenoxy) is 2. The molecule has 216 valence electrons. The summed E-state index contributed by atoms with van der Waals surface area (Å²) in [5.41, 5.74) is -4.02. The molecule has 43 heavy (non-hydrogen) atoms. The van der Waals surface area contributed by atoms with Gasteiger partial charge in [0, 0.05) is 41.0 Å². The number of aromatic hydroxyl groups is 8. The van der Waals surface area contributed by atoms with Gasteiger partial charge in [-0.3, -0.25) is 9.59 Å². The lowest BCUT2D eigenvalue weighted by atomic mass is 9.79. The van der Waals surface area contributed by atoms with Crippen molar-refractivity contribution < 1.29 is 59.5 Å². The molecule has 2 aliphatic rings. The van der Waals surface area contributed by atoms with Gasteiger partial charge in [0.05, 0.1) is 0 Å².